The van der Waals surface area contributed by atoms with Crippen molar-refractivity contribution >= 4 is 12.0 Å². The number of carbonyl (C=O) groups excluding carboxylic acids is 2. The van der Waals surface area contributed by atoms with Gasteiger partial charge in [-0.15, -0.1) is 10.2 Å². The van der Waals surface area contributed by atoms with E-state index in [1.165, 1.54) is 12.1 Å². The molecule has 1 aromatic carbocycles. The fourth-order valence-electron chi connectivity index (χ4n) is 2.81. The number of hydrogen-bond acceptors (Lipinski definition) is 6. The number of nitrogens with one attached hydrogen (secondary N) is 2. The number of esters is 1. The SMILES string of the molecule is CCOC(=O)C1=C(Cn2nnc(-c3cccc(C(F)(F)F)c3)n2)NC(=O)N[C@@H]1C. The zero-order valence-corrected chi connectivity index (χ0v) is 15.4. The summed E-state index contributed by atoms with van der Waals surface area (Å²) in [5, 5.41) is 16.7. The van der Waals surface area contributed by atoms with Gasteiger partial charge in [0.25, 0.3) is 0 Å². The average molecular weight is 410 g/mol. The molecule has 9 nitrogen and oxygen atoms in total. The molecule has 12 heteroatoms. The fourth-order valence-corrected chi connectivity index (χ4v) is 2.81. The Bertz CT molecular complexity index is 969. The summed E-state index contributed by atoms with van der Waals surface area (Å²) in [6.07, 6.45) is -4.50. The summed E-state index contributed by atoms with van der Waals surface area (Å²) in [5.74, 6) is -0.636. The molecule has 0 fully saturated rings. The maximum absolute atomic E-state index is 12.9. The van der Waals surface area contributed by atoms with E-state index < -0.39 is 29.8 Å². The van der Waals surface area contributed by atoms with E-state index in [-0.39, 0.29) is 35.8 Å². The third-order valence-electron chi connectivity index (χ3n) is 4.07. The summed E-state index contributed by atoms with van der Waals surface area (Å²) >= 11 is 0. The molecule has 2 N–H and O–H groups in total. The molecule has 0 saturated heterocycles. The van der Waals surface area contributed by atoms with E-state index in [0.29, 0.717) is 0 Å². The van der Waals surface area contributed by atoms with Crippen LogP contribution in [0.5, 0.6) is 0 Å². The molecular formula is C17H17F3N6O3. The quantitative estimate of drug-likeness (QED) is 0.728. The summed E-state index contributed by atoms with van der Waals surface area (Å²) in [5.41, 5.74) is -0.288. The van der Waals surface area contributed by atoms with Crippen LogP contribution in [-0.4, -0.2) is 44.9 Å². The van der Waals surface area contributed by atoms with E-state index in [2.05, 4.69) is 26.0 Å². The maximum atomic E-state index is 12.9. The number of tetrazole rings is 1. The zero-order chi connectivity index (χ0) is 21.2. The summed E-state index contributed by atoms with van der Waals surface area (Å²) in [6.45, 7) is 3.29. The predicted octanol–water partition coefficient (Wildman–Crippen LogP) is 1.88. The highest BCUT2D eigenvalue weighted by atomic mass is 19.4. The van der Waals surface area contributed by atoms with Gasteiger partial charge in [0.1, 0.15) is 6.54 Å². The van der Waals surface area contributed by atoms with Gasteiger partial charge in [-0.25, -0.2) is 9.59 Å². The zero-order valence-electron chi connectivity index (χ0n) is 15.4. The van der Waals surface area contributed by atoms with E-state index in [1.807, 2.05) is 0 Å². The van der Waals surface area contributed by atoms with Crippen molar-refractivity contribution in [2.24, 2.45) is 0 Å². The molecule has 2 aromatic rings. The minimum absolute atomic E-state index is 0.0253. The molecule has 154 valence electrons. The number of benzene rings is 1. The van der Waals surface area contributed by atoms with E-state index in [0.717, 1.165) is 16.9 Å². The third-order valence-corrected chi connectivity index (χ3v) is 4.07. The lowest BCUT2D eigenvalue weighted by atomic mass is 10.0. The second kappa shape index (κ2) is 7.89. The van der Waals surface area contributed by atoms with Gasteiger partial charge in [-0.3, -0.25) is 0 Å². The van der Waals surface area contributed by atoms with Gasteiger partial charge in [0.2, 0.25) is 5.82 Å². The lowest BCUT2D eigenvalue weighted by Crippen LogP contribution is -2.50. The van der Waals surface area contributed by atoms with Crippen LogP contribution in [0.15, 0.2) is 35.5 Å². The molecule has 0 aliphatic carbocycles. The van der Waals surface area contributed by atoms with Gasteiger partial charge in [0, 0.05) is 5.56 Å². The monoisotopic (exact) mass is 410 g/mol. The third kappa shape index (κ3) is 4.52. The number of amides is 2. The molecule has 0 spiro atoms. The molecule has 1 aromatic heterocycles. The van der Waals surface area contributed by atoms with Crippen molar-refractivity contribution < 1.29 is 27.5 Å². The Morgan fingerprint density at radius 2 is 2.10 bits per heavy atom. The number of allylic oxidation sites excluding steroid dienone is 1. The number of alkyl halides is 3. The van der Waals surface area contributed by atoms with Crippen molar-refractivity contribution in [2.45, 2.75) is 32.6 Å². The molecule has 1 atom stereocenters. The van der Waals surface area contributed by atoms with E-state index in [9.17, 15) is 22.8 Å². The number of halogens is 3. The molecule has 0 saturated carbocycles. The molecule has 2 heterocycles. The highest BCUT2D eigenvalue weighted by Crippen LogP contribution is 2.31. The highest BCUT2D eigenvalue weighted by molar-refractivity contribution is 5.94. The van der Waals surface area contributed by atoms with Gasteiger partial charge < -0.3 is 15.4 Å². The summed E-state index contributed by atoms with van der Waals surface area (Å²) in [6, 6.07) is 3.40. The first-order valence-corrected chi connectivity index (χ1v) is 8.62. The minimum Gasteiger partial charge on any atom is -0.463 e. The molecule has 3 rings (SSSR count). The average Bonchev–Trinajstić information content (AvgIpc) is 3.09. The second-order valence-corrected chi connectivity index (χ2v) is 6.15. The van der Waals surface area contributed by atoms with Gasteiger partial charge in [0.15, 0.2) is 0 Å². The van der Waals surface area contributed by atoms with E-state index >= 15 is 0 Å². The number of rotatable bonds is 5. The molecule has 29 heavy (non-hydrogen) atoms. The molecule has 0 radical (unpaired) electrons. The molecule has 1 aliphatic heterocycles. The second-order valence-electron chi connectivity index (χ2n) is 6.15. The molecule has 2 amide bonds. The van der Waals surface area contributed by atoms with Crippen LogP contribution in [0.4, 0.5) is 18.0 Å². The molecule has 0 bridgehead atoms. The Labute approximate surface area is 162 Å². The van der Waals surface area contributed by atoms with Crippen LogP contribution in [0.2, 0.25) is 0 Å². The number of ether oxygens (including phenoxy) is 1. The van der Waals surface area contributed by atoms with E-state index in [4.69, 9.17) is 4.74 Å². The van der Waals surface area contributed by atoms with Crippen molar-refractivity contribution in [3.05, 3.63) is 41.1 Å². The number of nitrogens with zero attached hydrogens (tertiary/aromatic N) is 4. The van der Waals surface area contributed by atoms with E-state index in [1.54, 1.807) is 13.8 Å². The van der Waals surface area contributed by atoms with Crippen LogP contribution in [-0.2, 0) is 22.3 Å². The maximum Gasteiger partial charge on any atom is 0.416 e. The Hall–Kier alpha value is -3.44. The van der Waals surface area contributed by atoms with Crippen LogP contribution in [0, 0.1) is 0 Å². The molecule has 0 unspecified atom stereocenters. The van der Waals surface area contributed by atoms with Gasteiger partial charge in [-0.2, -0.15) is 18.0 Å². The highest BCUT2D eigenvalue weighted by Gasteiger charge is 2.31. The van der Waals surface area contributed by atoms with Crippen molar-refractivity contribution in [3.63, 3.8) is 0 Å². The fraction of sp³-hybridized carbons (Fsp3) is 0.353. The standard InChI is InChI=1S/C17H17F3N6O3/c1-3-29-15(27)13-9(2)21-16(28)22-12(13)8-26-24-14(23-25-26)10-5-4-6-11(7-10)17(18,19)20/h4-7,9H,3,8H2,1-2H3,(H2,21,22,28)/t9-/m1/s1. The number of carbonyl (C=O) groups is 2. The largest absolute Gasteiger partial charge is 0.463 e. The summed E-state index contributed by atoms with van der Waals surface area (Å²) < 4.78 is 43.7. The van der Waals surface area contributed by atoms with Gasteiger partial charge >= 0.3 is 18.2 Å². The Kier molecular flexibility index (Phi) is 5.52. The number of hydrogen-bond donors (Lipinski definition) is 2. The summed E-state index contributed by atoms with van der Waals surface area (Å²) in [4.78, 5) is 25.1. The lowest BCUT2D eigenvalue weighted by molar-refractivity contribution is -0.139. The normalized spacial score (nSPS) is 17.0. The van der Waals surface area contributed by atoms with Crippen molar-refractivity contribution in [3.8, 4) is 11.4 Å². The predicted molar refractivity (Wildman–Crippen MR) is 93.0 cm³/mol. The van der Waals surface area contributed by atoms with Gasteiger partial charge in [-0.05, 0) is 31.2 Å². The van der Waals surface area contributed by atoms with Crippen LogP contribution >= 0.6 is 0 Å². The van der Waals surface area contributed by atoms with Gasteiger partial charge in [-0.1, -0.05) is 12.1 Å². The molecule has 1 aliphatic rings. The van der Waals surface area contributed by atoms with Crippen LogP contribution in [0.3, 0.4) is 0 Å². The first-order chi connectivity index (χ1) is 13.7. The Balaban J connectivity index is 1.89. The van der Waals surface area contributed by atoms with Crippen LogP contribution in [0.25, 0.3) is 11.4 Å². The first kappa shape index (κ1) is 20.3. The molecular weight excluding hydrogens is 393 g/mol. The lowest BCUT2D eigenvalue weighted by Gasteiger charge is -2.26. The Morgan fingerprint density at radius 3 is 2.79 bits per heavy atom. The van der Waals surface area contributed by atoms with Crippen molar-refractivity contribution in [1.82, 2.24) is 30.8 Å². The van der Waals surface area contributed by atoms with Crippen molar-refractivity contribution in [1.29, 1.82) is 0 Å². The number of urea groups is 1. The first-order valence-electron chi connectivity index (χ1n) is 8.62. The Morgan fingerprint density at radius 1 is 1.34 bits per heavy atom. The van der Waals surface area contributed by atoms with Crippen molar-refractivity contribution in [2.75, 3.05) is 6.61 Å². The van der Waals surface area contributed by atoms with Gasteiger partial charge in [0.05, 0.1) is 29.5 Å². The van der Waals surface area contributed by atoms with Crippen LogP contribution < -0.4 is 10.6 Å². The topological polar surface area (TPSA) is 111 Å². The summed E-state index contributed by atoms with van der Waals surface area (Å²) in [7, 11) is 0. The minimum atomic E-state index is -4.50. The smallest absolute Gasteiger partial charge is 0.416 e. The van der Waals surface area contributed by atoms with Crippen LogP contribution in [0.1, 0.15) is 19.4 Å². The number of aromatic nitrogens is 4.